The number of nitrogens with one attached hydrogen (secondary N) is 2. The van der Waals surface area contributed by atoms with Crippen LogP contribution in [-0.2, 0) is 4.74 Å². The summed E-state index contributed by atoms with van der Waals surface area (Å²) in [7, 11) is 1.34. The number of ether oxygens (including phenoxy) is 1. The zero-order valence-electron chi connectivity index (χ0n) is 11.5. The van der Waals surface area contributed by atoms with Crippen molar-refractivity contribution in [2.75, 3.05) is 17.7 Å². The Morgan fingerprint density at radius 2 is 1.77 bits per heavy atom. The van der Waals surface area contributed by atoms with E-state index in [9.17, 15) is 4.79 Å². The largest absolute Gasteiger partial charge is 0.465 e. The van der Waals surface area contributed by atoms with E-state index in [2.05, 4.69) is 15.4 Å². The lowest BCUT2D eigenvalue weighted by Gasteiger charge is -2.12. The molecular formula is C15H12Cl2N2O2S. The Labute approximate surface area is 143 Å². The van der Waals surface area contributed by atoms with Crippen molar-refractivity contribution in [2.24, 2.45) is 0 Å². The molecule has 2 aromatic carbocycles. The van der Waals surface area contributed by atoms with Crippen LogP contribution in [0.5, 0.6) is 0 Å². The van der Waals surface area contributed by atoms with E-state index < -0.39 is 0 Å². The van der Waals surface area contributed by atoms with Crippen molar-refractivity contribution in [1.82, 2.24) is 0 Å². The number of anilines is 2. The number of methoxy groups -OCH3 is 1. The first-order chi connectivity index (χ1) is 10.5. The first kappa shape index (κ1) is 16.5. The Hall–Kier alpha value is -1.82. The van der Waals surface area contributed by atoms with Crippen LogP contribution < -0.4 is 10.6 Å². The smallest absolute Gasteiger partial charge is 0.337 e. The molecule has 0 spiro atoms. The topological polar surface area (TPSA) is 50.4 Å². The van der Waals surface area contributed by atoms with Gasteiger partial charge in [0.2, 0.25) is 0 Å². The molecule has 114 valence electrons. The number of halogens is 2. The van der Waals surface area contributed by atoms with E-state index in [0.29, 0.717) is 26.4 Å². The Kier molecular flexibility index (Phi) is 5.60. The molecule has 0 unspecified atom stereocenters. The van der Waals surface area contributed by atoms with Crippen LogP contribution >= 0.6 is 35.4 Å². The molecular weight excluding hydrogens is 343 g/mol. The second-order valence-electron chi connectivity index (χ2n) is 4.27. The third-order valence-corrected chi connectivity index (χ3v) is 3.50. The van der Waals surface area contributed by atoms with Crippen molar-refractivity contribution in [3.05, 3.63) is 58.1 Å². The van der Waals surface area contributed by atoms with Gasteiger partial charge in [-0.1, -0.05) is 23.2 Å². The van der Waals surface area contributed by atoms with E-state index in [1.165, 1.54) is 7.11 Å². The van der Waals surface area contributed by atoms with Gasteiger partial charge in [0.25, 0.3) is 0 Å². The van der Waals surface area contributed by atoms with E-state index >= 15 is 0 Å². The molecule has 22 heavy (non-hydrogen) atoms. The summed E-state index contributed by atoms with van der Waals surface area (Å²) in [5, 5.41) is 7.35. The van der Waals surface area contributed by atoms with E-state index in [4.69, 9.17) is 35.4 Å². The molecule has 0 heterocycles. The van der Waals surface area contributed by atoms with Gasteiger partial charge in [-0.05, 0) is 54.7 Å². The van der Waals surface area contributed by atoms with Crippen LogP contribution in [0.3, 0.4) is 0 Å². The van der Waals surface area contributed by atoms with Gasteiger partial charge in [0.1, 0.15) is 0 Å². The molecule has 2 rings (SSSR count). The molecule has 0 saturated carbocycles. The maximum Gasteiger partial charge on any atom is 0.337 e. The summed E-state index contributed by atoms with van der Waals surface area (Å²) in [5.74, 6) is -0.389. The zero-order chi connectivity index (χ0) is 16.1. The van der Waals surface area contributed by atoms with Gasteiger partial charge in [-0.25, -0.2) is 4.79 Å². The minimum atomic E-state index is -0.389. The summed E-state index contributed by atoms with van der Waals surface area (Å²) in [4.78, 5) is 11.3. The highest BCUT2D eigenvalue weighted by Gasteiger charge is 2.06. The summed E-state index contributed by atoms with van der Waals surface area (Å²) >= 11 is 17.1. The molecule has 0 radical (unpaired) electrons. The monoisotopic (exact) mass is 354 g/mol. The molecule has 0 atom stereocenters. The van der Waals surface area contributed by atoms with Gasteiger partial charge in [-0.15, -0.1) is 0 Å². The molecule has 2 N–H and O–H groups in total. The number of hydrogen-bond acceptors (Lipinski definition) is 3. The molecule has 0 aromatic heterocycles. The predicted octanol–water partition coefficient (Wildman–Crippen LogP) is 4.59. The van der Waals surface area contributed by atoms with Gasteiger partial charge in [0.05, 0.1) is 23.4 Å². The first-order valence-electron chi connectivity index (χ1n) is 6.21. The number of hydrogen-bond donors (Lipinski definition) is 2. The Morgan fingerprint density at radius 1 is 1.09 bits per heavy atom. The average molecular weight is 355 g/mol. The highest BCUT2D eigenvalue weighted by Crippen LogP contribution is 2.25. The molecule has 7 heteroatoms. The van der Waals surface area contributed by atoms with Crippen molar-refractivity contribution >= 4 is 57.9 Å². The number of carbonyl (C=O) groups excluding carboxylic acids is 1. The van der Waals surface area contributed by atoms with Crippen LogP contribution in [0.25, 0.3) is 0 Å². The molecule has 0 bridgehead atoms. The fourth-order valence-electron chi connectivity index (χ4n) is 1.68. The van der Waals surface area contributed by atoms with Crippen LogP contribution in [0.15, 0.2) is 42.5 Å². The van der Waals surface area contributed by atoms with Crippen LogP contribution in [0.2, 0.25) is 10.0 Å². The molecule has 0 aliphatic heterocycles. The van der Waals surface area contributed by atoms with Crippen molar-refractivity contribution in [1.29, 1.82) is 0 Å². The van der Waals surface area contributed by atoms with E-state index in [0.717, 1.165) is 5.69 Å². The maximum atomic E-state index is 11.3. The van der Waals surface area contributed by atoms with Crippen molar-refractivity contribution in [2.45, 2.75) is 0 Å². The van der Waals surface area contributed by atoms with E-state index in [1.807, 2.05) is 0 Å². The van der Waals surface area contributed by atoms with Crippen LogP contribution in [0.1, 0.15) is 10.4 Å². The van der Waals surface area contributed by atoms with Gasteiger partial charge in [-0.2, -0.15) is 0 Å². The summed E-state index contributed by atoms with van der Waals surface area (Å²) in [6.45, 7) is 0. The van der Waals surface area contributed by atoms with Gasteiger partial charge in [0, 0.05) is 10.7 Å². The maximum absolute atomic E-state index is 11.3. The number of carbonyl (C=O) groups is 1. The predicted molar refractivity (Wildman–Crippen MR) is 94.1 cm³/mol. The van der Waals surface area contributed by atoms with Crippen LogP contribution in [0, 0.1) is 0 Å². The first-order valence-corrected chi connectivity index (χ1v) is 7.37. The lowest BCUT2D eigenvalue weighted by molar-refractivity contribution is 0.0601. The lowest BCUT2D eigenvalue weighted by Crippen LogP contribution is -2.19. The molecule has 2 aromatic rings. The molecule has 0 fully saturated rings. The molecule has 0 aliphatic carbocycles. The van der Waals surface area contributed by atoms with Gasteiger partial charge < -0.3 is 15.4 Å². The standard InChI is InChI=1S/C15H12Cl2N2O2S/c1-21-14(20)9-2-5-11(6-3-9)18-15(22)19-13-7-4-10(16)8-12(13)17/h2-8H,1H3,(H2,18,19,22). The Bertz CT molecular complexity index is 705. The van der Waals surface area contributed by atoms with Gasteiger partial charge in [-0.3, -0.25) is 0 Å². The van der Waals surface area contributed by atoms with Crippen LogP contribution in [0.4, 0.5) is 11.4 Å². The number of rotatable bonds is 3. The third-order valence-electron chi connectivity index (χ3n) is 2.74. The summed E-state index contributed by atoms with van der Waals surface area (Å²) < 4.78 is 4.64. The van der Waals surface area contributed by atoms with E-state index in [-0.39, 0.29) is 5.97 Å². The minimum Gasteiger partial charge on any atom is -0.465 e. The lowest BCUT2D eigenvalue weighted by atomic mass is 10.2. The SMILES string of the molecule is COC(=O)c1ccc(NC(=S)Nc2ccc(Cl)cc2Cl)cc1. The summed E-state index contributed by atoms with van der Waals surface area (Å²) in [6.07, 6.45) is 0. The molecule has 0 amide bonds. The van der Waals surface area contributed by atoms with Gasteiger partial charge >= 0.3 is 5.97 Å². The van der Waals surface area contributed by atoms with Crippen LogP contribution in [-0.4, -0.2) is 18.2 Å². The highest BCUT2D eigenvalue weighted by atomic mass is 35.5. The van der Waals surface area contributed by atoms with Crippen molar-refractivity contribution in [3.63, 3.8) is 0 Å². The molecule has 4 nitrogen and oxygen atoms in total. The summed E-state index contributed by atoms with van der Waals surface area (Å²) in [5.41, 5.74) is 1.85. The normalized spacial score (nSPS) is 9.95. The molecule has 0 saturated heterocycles. The number of benzene rings is 2. The second kappa shape index (κ2) is 7.45. The van der Waals surface area contributed by atoms with Crippen molar-refractivity contribution in [3.8, 4) is 0 Å². The number of esters is 1. The zero-order valence-corrected chi connectivity index (χ0v) is 13.9. The third kappa shape index (κ3) is 4.34. The number of thiocarbonyl (C=S) groups is 1. The molecule has 0 aliphatic rings. The van der Waals surface area contributed by atoms with E-state index in [1.54, 1.807) is 42.5 Å². The fraction of sp³-hybridized carbons (Fsp3) is 0.0667. The second-order valence-corrected chi connectivity index (χ2v) is 5.52. The Balaban J connectivity index is 2.01. The minimum absolute atomic E-state index is 0.370. The quantitative estimate of drug-likeness (QED) is 0.623. The fourth-order valence-corrected chi connectivity index (χ4v) is 2.37. The summed E-state index contributed by atoms with van der Waals surface area (Å²) in [6, 6.07) is 11.8. The van der Waals surface area contributed by atoms with Gasteiger partial charge in [0.15, 0.2) is 5.11 Å². The highest BCUT2D eigenvalue weighted by molar-refractivity contribution is 7.80. The Morgan fingerprint density at radius 3 is 2.36 bits per heavy atom. The van der Waals surface area contributed by atoms with Crippen molar-refractivity contribution < 1.29 is 9.53 Å². The average Bonchev–Trinajstić information content (AvgIpc) is 2.50.